The Labute approximate surface area is 135 Å². The average Bonchev–Trinajstić information content (AvgIpc) is 3.12. The van der Waals surface area contributed by atoms with E-state index in [2.05, 4.69) is 42.1 Å². The molecule has 0 radical (unpaired) electrons. The van der Waals surface area contributed by atoms with Crippen molar-refractivity contribution in [3.8, 4) is 0 Å². The lowest BCUT2D eigenvalue weighted by atomic mass is 9.87. The van der Waals surface area contributed by atoms with E-state index < -0.39 is 0 Å². The largest absolute Gasteiger partial charge is 0.294 e. The number of aryl methyl sites for hydroxylation is 2. The first kappa shape index (κ1) is 13.2. The van der Waals surface area contributed by atoms with Crippen molar-refractivity contribution >= 4 is 28.3 Å². The highest BCUT2D eigenvalue weighted by Crippen LogP contribution is 2.47. The molecular weight excluding hydrogens is 288 g/mol. The second kappa shape index (κ2) is 4.86. The zero-order valence-electron chi connectivity index (χ0n) is 12.7. The highest BCUT2D eigenvalue weighted by molar-refractivity contribution is 8.00. The third-order valence-electron chi connectivity index (χ3n) is 5.80. The first-order chi connectivity index (χ1) is 10.8. The normalized spacial score (nSPS) is 29.2. The number of rotatable bonds is 2. The Kier molecular flexibility index (Phi) is 2.91. The molecule has 2 fully saturated rings. The summed E-state index contributed by atoms with van der Waals surface area (Å²) in [4.78, 5) is 13.2. The van der Waals surface area contributed by atoms with Crippen molar-refractivity contribution in [1.82, 2.24) is 0 Å². The number of fused-ring (bicyclic) bond motifs is 2. The number of ketones is 1. The van der Waals surface area contributed by atoms with Crippen LogP contribution in [0.2, 0.25) is 0 Å². The Balaban J connectivity index is 1.58. The van der Waals surface area contributed by atoms with Crippen LogP contribution in [0.5, 0.6) is 0 Å². The number of hydrogen-bond acceptors (Lipinski definition) is 2. The molecule has 1 aliphatic carbocycles. The van der Waals surface area contributed by atoms with Gasteiger partial charge in [-0.2, -0.15) is 11.8 Å². The smallest absolute Gasteiger partial charge is 0.166 e. The summed E-state index contributed by atoms with van der Waals surface area (Å²) in [5.41, 5.74) is 3.85. The minimum Gasteiger partial charge on any atom is -0.294 e. The van der Waals surface area contributed by atoms with Gasteiger partial charge in [0.25, 0.3) is 0 Å². The second-order valence-corrected chi connectivity index (χ2v) is 8.71. The van der Waals surface area contributed by atoms with Crippen LogP contribution in [-0.4, -0.2) is 16.3 Å². The molecule has 2 heteroatoms. The topological polar surface area (TPSA) is 17.1 Å². The lowest BCUT2D eigenvalue weighted by molar-refractivity contribution is 0.0908. The van der Waals surface area contributed by atoms with Crippen LogP contribution in [-0.2, 0) is 12.8 Å². The summed E-state index contributed by atoms with van der Waals surface area (Å²) >= 11 is 2.13. The monoisotopic (exact) mass is 308 g/mol. The molecule has 0 N–H and O–H groups in total. The highest BCUT2D eigenvalue weighted by Gasteiger charge is 2.38. The molecule has 2 aromatic rings. The molecule has 0 saturated carbocycles. The summed E-state index contributed by atoms with van der Waals surface area (Å²) in [5, 5.41) is 4.07. The molecule has 2 bridgehead atoms. The molecule has 1 nitrogen and oxygen atoms in total. The van der Waals surface area contributed by atoms with Gasteiger partial charge in [0.2, 0.25) is 0 Å². The average molecular weight is 308 g/mol. The Morgan fingerprint density at radius 2 is 1.68 bits per heavy atom. The van der Waals surface area contributed by atoms with E-state index in [9.17, 15) is 4.79 Å². The molecular formula is C20H20OS. The first-order valence-corrected chi connectivity index (χ1v) is 9.47. The van der Waals surface area contributed by atoms with Crippen LogP contribution < -0.4 is 0 Å². The van der Waals surface area contributed by atoms with E-state index in [1.807, 2.05) is 0 Å². The van der Waals surface area contributed by atoms with Crippen molar-refractivity contribution < 1.29 is 4.79 Å². The predicted octanol–water partition coefficient (Wildman–Crippen LogP) is 4.80. The van der Waals surface area contributed by atoms with Gasteiger partial charge in [-0.15, -0.1) is 0 Å². The van der Waals surface area contributed by atoms with Gasteiger partial charge in [0.05, 0.1) is 0 Å². The molecule has 22 heavy (non-hydrogen) atoms. The van der Waals surface area contributed by atoms with Gasteiger partial charge in [0.1, 0.15) is 0 Å². The van der Waals surface area contributed by atoms with Crippen molar-refractivity contribution in [2.75, 3.05) is 0 Å². The van der Waals surface area contributed by atoms with Crippen molar-refractivity contribution in [1.29, 1.82) is 0 Å². The molecule has 0 aromatic heterocycles. The maximum Gasteiger partial charge on any atom is 0.166 e. The van der Waals surface area contributed by atoms with E-state index in [-0.39, 0.29) is 5.92 Å². The summed E-state index contributed by atoms with van der Waals surface area (Å²) in [6, 6.07) is 10.8. The Morgan fingerprint density at radius 3 is 2.45 bits per heavy atom. The molecule has 2 aromatic carbocycles. The third kappa shape index (κ3) is 1.89. The molecule has 0 amide bonds. The number of carbonyl (C=O) groups is 1. The van der Waals surface area contributed by atoms with Crippen molar-refractivity contribution in [3.63, 3.8) is 0 Å². The van der Waals surface area contributed by atoms with Crippen LogP contribution in [0.25, 0.3) is 10.8 Å². The molecule has 2 unspecified atom stereocenters. The number of Topliss-reactive ketones (excluding diaryl/α,β-unsaturated/α-hetero) is 1. The van der Waals surface area contributed by atoms with Gasteiger partial charge >= 0.3 is 0 Å². The lowest BCUT2D eigenvalue weighted by Gasteiger charge is -2.26. The maximum atomic E-state index is 13.2. The van der Waals surface area contributed by atoms with Crippen LogP contribution in [0.4, 0.5) is 0 Å². The fourth-order valence-electron chi connectivity index (χ4n) is 4.75. The number of thioether (sulfide) groups is 1. The van der Waals surface area contributed by atoms with Crippen molar-refractivity contribution in [2.45, 2.75) is 49.0 Å². The molecule has 2 aliphatic heterocycles. The molecule has 5 rings (SSSR count). The molecule has 0 spiro atoms. The van der Waals surface area contributed by atoms with Crippen LogP contribution in [0.3, 0.4) is 0 Å². The van der Waals surface area contributed by atoms with Gasteiger partial charge in [0, 0.05) is 22.0 Å². The maximum absolute atomic E-state index is 13.2. The Bertz CT molecular complexity index is 756. The fourth-order valence-corrected chi connectivity index (χ4v) is 6.53. The van der Waals surface area contributed by atoms with Crippen LogP contribution >= 0.6 is 11.8 Å². The number of hydrogen-bond donors (Lipinski definition) is 0. The van der Waals surface area contributed by atoms with Gasteiger partial charge in [-0.3, -0.25) is 4.79 Å². The van der Waals surface area contributed by atoms with Crippen molar-refractivity contribution in [2.24, 2.45) is 5.92 Å². The molecule has 2 atom stereocenters. The first-order valence-electron chi connectivity index (χ1n) is 8.53. The van der Waals surface area contributed by atoms with Crippen molar-refractivity contribution in [3.05, 3.63) is 47.0 Å². The summed E-state index contributed by atoms with van der Waals surface area (Å²) in [6.45, 7) is 0. The van der Waals surface area contributed by atoms with Gasteiger partial charge < -0.3 is 0 Å². The number of benzene rings is 2. The molecule has 3 aliphatic rings. The SMILES string of the molecule is O=C(c1ccc2c3c(cccc13)CC2)C1CC2CCC(C1)S2. The minimum absolute atomic E-state index is 0.261. The summed E-state index contributed by atoms with van der Waals surface area (Å²) in [6.07, 6.45) is 7.11. The van der Waals surface area contributed by atoms with Crippen LogP contribution in [0, 0.1) is 5.92 Å². The van der Waals surface area contributed by atoms with Crippen LogP contribution in [0.1, 0.15) is 47.2 Å². The standard InChI is InChI=1S/C20H20OS/c21-20(14-10-15-7-8-16(11-14)22-15)18-9-6-13-5-4-12-2-1-3-17(18)19(12)13/h1-3,6,9,14-16H,4-5,7-8,10-11H2. The Hall–Kier alpha value is -1.28. The summed E-state index contributed by atoms with van der Waals surface area (Å²) < 4.78 is 0. The summed E-state index contributed by atoms with van der Waals surface area (Å²) in [7, 11) is 0. The zero-order valence-corrected chi connectivity index (χ0v) is 13.5. The molecule has 2 heterocycles. The van der Waals surface area contributed by atoms with Gasteiger partial charge in [-0.05, 0) is 60.4 Å². The Morgan fingerprint density at radius 1 is 0.955 bits per heavy atom. The van der Waals surface area contributed by atoms with E-state index in [1.165, 1.54) is 34.7 Å². The van der Waals surface area contributed by atoms with Gasteiger partial charge in [-0.1, -0.05) is 30.3 Å². The quantitative estimate of drug-likeness (QED) is 0.742. The lowest BCUT2D eigenvalue weighted by Crippen LogP contribution is -2.25. The highest BCUT2D eigenvalue weighted by atomic mass is 32.2. The van der Waals surface area contributed by atoms with E-state index in [4.69, 9.17) is 0 Å². The summed E-state index contributed by atoms with van der Waals surface area (Å²) in [5.74, 6) is 0.671. The van der Waals surface area contributed by atoms with E-state index in [0.29, 0.717) is 5.78 Å². The molecule has 2 saturated heterocycles. The minimum atomic E-state index is 0.261. The predicted molar refractivity (Wildman–Crippen MR) is 92.8 cm³/mol. The van der Waals surface area contributed by atoms with Crippen LogP contribution in [0.15, 0.2) is 30.3 Å². The van der Waals surface area contributed by atoms with Gasteiger partial charge in [-0.25, -0.2) is 0 Å². The second-order valence-electron chi connectivity index (χ2n) is 7.10. The molecule has 112 valence electrons. The number of carbonyl (C=O) groups excluding carboxylic acids is 1. The zero-order chi connectivity index (χ0) is 14.7. The van der Waals surface area contributed by atoms with E-state index >= 15 is 0 Å². The van der Waals surface area contributed by atoms with E-state index in [1.54, 1.807) is 0 Å². The third-order valence-corrected chi connectivity index (χ3v) is 7.43. The van der Waals surface area contributed by atoms with E-state index in [0.717, 1.165) is 41.7 Å². The fraction of sp³-hybridized carbons (Fsp3) is 0.450. The van der Waals surface area contributed by atoms with Gasteiger partial charge in [0.15, 0.2) is 5.78 Å².